The Labute approximate surface area is 122 Å². The van der Waals surface area contributed by atoms with Gasteiger partial charge in [-0.25, -0.2) is 10.9 Å². The van der Waals surface area contributed by atoms with Crippen LogP contribution in [0.3, 0.4) is 0 Å². The van der Waals surface area contributed by atoms with Crippen LogP contribution < -0.4 is 10.9 Å². The third-order valence-electron chi connectivity index (χ3n) is 2.45. The fraction of sp³-hybridized carbons (Fsp3) is 0.167. The standard InChI is InChI=1S/C12H11BrN4O3/c13-8-1-2-10(18)7(3-8)6-14-16-11(19)4-9-5-12(20)17-15-9/h1-3,6,18H,4-5H2,(H,16,19)(H,17,20)/b14-6-. The second-order valence-corrected chi connectivity index (χ2v) is 4.98. The lowest BCUT2D eigenvalue weighted by Gasteiger charge is -2.00. The van der Waals surface area contributed by atoms with Crippen LogP contribution in [0.4, 0.5) is 0 Å². The number of phenolic OH excluding ortho intramolecular Hbond substituents is 1. The number of carbonyl (C=O) groups is 2. The number of halogens is 1. The summed E-state index contributed by atoms with van der Waals surface area (Å²) in [5.74, 6) is -0.553. The van der Waals surface area contributed by atoms with Gasteiger partial charge in [-0.1, -0.05) is 15.9 Å². The first-order chi connectivity index (χ1) is 9.54. The van der Waals surface area contributed by atoms with E-state index in [9.17, 15) is 14.7 Å². The number of amides is 2. The largest absolute Gasteiger partial charge is 0.507 e. The molecular formula is C12H11BrN4O3. The summed E-state index contributed by atoms with van der Waals surface area (Å²) in [5, 5.41) is 17.0. The minimum absolute atomic E-state index is 0.000542. The van der Waals surface area contributed by atoms with Crippen LogP contribution in [0.1, 0.15) is 18.4 Å². The molecule has 0 unspecified atom stereocenters. The summed E-state index contributed by atoms with van der Waals surface area (Å²) in [4.78, 5) is 22.4. The predicted molar refractivity (Wildman–Crippen MR) is 76.4 cm³/mol. The summed E-state index contributed by atoms with van der Waals surface area (Å²) in [5.41, 5.74) is 5.50. The minimum atomic E-state index is -0.383. The highest BCUT2D eigenvalue weighted by Crippen LogP contribution is 2.19. The first-order valence-corrected chi connectivity index (χ1v) is 6.48. The topological polar surface area (TPSA) is 103 Å². The Morgan fingerprint density at radius 3 is 3.10 bits per heavy atom. The number of carbonyl (C=O) groups excluding carboxylic acids is 2. The number of hydrogen-bond acceptors (Lipinski definition) is 5. The molecule has 8 heteroatoms. The van der Waals surface area contributed by atoms with Gasteiger partial charge in [-0.15, -0.1) is 0 Å². The van der Waals surface area contributed by atoms with E-state index in [0.717, 1.165) is 4.47 Å². The Balaban J connectivity index is 1.88. The third kappa shape index (κ3) is 3.89. The lowest BCUT2D eigenvalue weighted by molar-refractivity contribution is -0.119. The molecule has 0 saturated carbocycles. The van der Waals surface area contributed by atoms with Gasteiger partial charge in [0.15, 0.2) is 0 Å². The molecule has 1 aliphatic heterocycles. The van der Waals surface area contributed by atoms with Crippen molar-refractivity contribution < 1.29 is 14.7 Å². The van der Waals surface area contributed by atoms with Crippen molar-refractivity contribution in [1.82, 2.24) is 10.9 Å². The van der Waals surface area contributed by atoms with Crippen LogP contribution >= 0.6 is 15.9 Å². The second kappa shape index (κ2) is 6.29. The van der Waals surface area contributed by atoms with Crippen LogP contribution in [0.15, 0.2) is 32.9 Å². The molecule has 20 heavy (non-hydrogen) atoms. The van der Waals surface area contributed by atoms with Gasteiger partial charge in [0.2, 0.25) is 11.8 Å². The lowest BCUT2D eigenvalue weighted by Crippen LogP contribution is -2.20. The van der Waals surface area contributed by atoms with Crippen LogP contribution in [-0.2, 0) is 9.59 Å². The quantitative estimate of drug-likeness (QED) is 0.560. The number of phenols is 1. The first-order valence-electron chi connectivity index (χ1n) is 5.69. The molecule has 2 amide bonds. The highest BCUT2D eigenvalue weighted by atomic mass is 79.9. The number of benzene rings is 1. The van der Waals surface area contributed by atoms with Gasteiger partial charge in [-0.05, 0) is 18.2 Å². The molecule has 1 heterocycles. The van der Waals surface area contributed by atoms with Gasteiger partial charge >= 0.3 is 0 Å². The molecule has 0 bridgehead atoms. The number of rotatable bonds is 4. The van der Waals surface area contributed by atoms with Gasteiger partial charge in [-0.2, -0.15) is 10.2 Å². The van der Waals surface area contributed by atoms with Crippen molar-refractivity contribution in [3.8, 4) is 5.75 Å². The first kappa shape index (κ1) is 14.2. The van der Waals surface area contributed by atoms with Crippen molar-refractivity contribution in [3.63, 3.8) is 0 Å². The fourth-order valence-electron chi connectivity index (χ4n) is 1.54. The minimum Gasteiger partial charge on any atom is -0.507 e. The van der Waals surface area contributed by atoms with Gasteiger partial charge < -0.3 is 5.11 Å². The second-order valence-electron chi connectivity index (χ2n) is 4.06. The van der Waals surface area contributed by atoms with E-state index in [0.29, 0.717) is 11.3 Å². The van der Waals surface area contributed by atoms with Crippen molar-refractivity contribution in [3.05, 3.63) is 28.2 Å². The highest BCUT2D eigenvalue weighted by Gasteiger charge is 2.16. The molecule has 1 aromatic rings. The number of hydrogen-bond donors (Lipinski definition) is 3. The molecule has 0 spiro atoms. The van der Waals surface area contributed by atoms with Gasteiger partial charge in [0.25, 0.3) is 0 Å². The zero-order valence-electron chi connectivity index (χ0n) is 10.3. The van der Waals surface area contributed by atoms with E-state index >= 15 is 0 Å². The number of nitrogens with zero attached hydrogens (tertiary/aromatic N) is 2. The average molecular weight is 339 g/mol. The molecule has 104 valence electrons. The Morgan fingerprint density at radius 2 is 2.40 bits per heavy atom. The Morgan fingerprint density at radius 1 is 1.60 bits per heavy atom. The van der Waals surface area contributed by atoms with Crippen molar-refractivity contribution in [1.29, 1.82) is 0 Å². The van der Waals surface area contributed by atoms with Crippen LogP contribution in [0.5, 0.6) is 5.75 Å². The maximum Gasteiger partial charge on any atom is 0.245 e. The van der Waals surface area contributed by atoms with Gasteiger partial charge in [-0.3, -0.25) is 9.59 Å². The van der Waals surface area contributed by atoms with Crippen molar-refractivity contribution >= 4 is 39.7 Å². The van der Waals surface area contributed by atoms with Crippen molar-refractivity contribution in [2.45, 2.75) is 12.8 Å². The molecule has 2 rings (SSSR count). The van der Waals surface area contributed by atoms with Crippen LogP contribution in [0, 0.1) is 0 Å². The summed E-state index contributed by atoms with van der Waals surface area (Å²) < 4.78 is 0.785. The zero-order chi connectivity index (χ0) is 14.5. The predicted octanol–water partition coefficient (Wildman–Crippen LogP) is 0.871. The molecular weight excluding hydrogens is 328 g/mol. The summed E-state index contributed by atoms with van der Waals surface area (Å²) in [6.45, 7) is 0. The lowest BCUT2D eigenvalue weighted by atomic mass is 10.2. The Kier molecular flexibility index (Phi) is 4.46. The molecule has 1 aromatic carbocycles. The summed E-state index contributed by atoms with van der Waals surface area (Å²) in [6.07, 6.45) is 1.46. The molecule has 0 atom stereocenters. The van der Waals surface area contributed by atoms with Crippen molar-refractivity contribution in [2.75, 3.05) is 0 Å². The van der Waals surface area contributed by atoms with Crippen LogP contribution in [0.25, 0.3) is 0 Å². The summed E-state index contributed by atoms with van der Waals surface area (Å²) in [6, 6.07) is 4.86. The molecule has 1 aliphatic rings. The summed E-state index contributed by atoms with van der Waals surface area (Å²) in [7, 11) is 0. The Bertz CT molecular complexity index is 613. The molecule has 0 aliphatic carbocycles. The maximum absolute atomic E-state index is 11.5. The van der Waals surface area contributed by atoms with E-state index < -0.39 is 0 Å². The number of hydrazone groups is 2. The van der Waals surface area contributed by atoms with Gasteiger partial charge in [0.05, 0.1) is 24.8 Å². The molecule has 0 fully saturated rings. The maximum atomic E-state index is 11.5. The highest BCUT2D eigenvalue weighted by molar-refractivity contribution is 9.10. The average Bonchev–Trinajstić information content (AvgIpc) is 2.79. The third-order valence-corrected chi connectivity index (χ3v) is 2.94. The molecule has 0 saturated heterocycles. The SMILES string of the molecule is O=C1CC(CC(=O)N/N=C\c2cc(Br)ccc2O)=NN1. The van der Waals surface area contributed by atoms with Crippen LogP contribution in [0.2, 0.25) is 0 Å². The Hall–Kier alpha value is -2.22. The molecule has 7 nitrogen and oxygen atoms in total. The van der Waals surface area contributed by atoms with E-state index in [1.807, 2.05) is 0 Å². The van der Waals surface area contributed by atoms with E-state index in [4.69, 9.17) is 0 Å². The molecule has 3 N–H and O–H groups in total. The summed E-state index contributed by atoms with van der Waals surface area (Å²) >= 11 is 3.27. The van der Waals surface area contributed by atoms with E-state index in [2.05, 4.69) is 37.0 Å². The zero-order valence-corrected chi connectivity index (χ0v) is 11.8. The van der Waals surface area contributed by atoms with Gasteiger partial charge in [0.1, 0.15) is 5.75 Å². The number of nitrogens with one attached hydrogen (secondary N) is 2. The molecule has 0 radical (unpaired) electrons. The fourth-order valence-corrected chi connectivity index (χ4v) is 1.91. The van der Waals surface area contributed by atoms with Crippen LogP contribution in [-0.4, -0.2) is 28.8 Å². The normalized spacial score (nSPS) is 14.2. The number of aromatic hydroxyl groups is 1. The molecule has 0 aromatic heterocycles. The van der Waals surface area contributed by atoms with E-state index in [1.54, 1.807) is 12.1 Å². The monoisotopic (exact) mass is 338 g/mol. The smallest absolute Gasteiger partial charge is 0.245 e. The van der Waals surface area contributed by atoms with E-state index in [-0.39, 0.29) is 30.4 Å². The van der Waals surface area contributed by atoms with E-state index in [1.165, 1.54) is 12.3 Å². The van der Waals surface area contributed by atoms with Crippen molar-refractivity contribution in [2.24, 2.45) is 10.2 Å². The van der Waals surface area contributed by atoms with Gasteiger partial charge in [0, 0.05) is 10.0 Å².